The van der Waals surface area contributed by atoms with Gasteiger partial charge in [-0.05, 0) is 49.7 Å². The molecule has 1 aromatic rings. The highest BCUT2D eigenvalue weighted by Crippen LogP contribution is 2.53. The van der Waals surface area contributed by atoms with E-state index in [2.05, 4.69) is 6.92 Å². The van der Waals surface area contributed by atoms with Crippen LogP contribution >= 0.6 is 34.8 Å². The Kier molecular flexibility index (Phi) is 5.81. The minimum Gasteiger partial charge on any atom is -0.462 e. The van der Waals surface area contributed by atoms with Crippen LogP contribution in [-0.4, -0.2) is 12.6 Å². The molecule has 1 aliphatic rings. The highest BCUT2D eigenvalue weighted by atomic mass is 35.5. The number of halogens is 3. The number of esters is 1. The Morgan fingerprint density at radius 1 is 1.24 bits per heavy atom. The van der Waals surface area contributed by atoms with Crippen molar-refractivity contribution in [1.29, 1.82) is 0 Å². The molecule has 0 aliphatic heterocycles. The molecule has 0 atom stereocenters. The van der Waals surface area contributed by atoms with Crippen LogP contribution in [0.5, 0.6) is 0 Å². The Morgan fingerprint density at radius 3 is 2.57 bits per heavy atom. The largest absolute Gasteiger partial charge is 0.462 e. The van der Waals surface area contributed by atoms with E-state index in [1.165, 1.54) is 37.8 Å². The Balaban J connectivity index is 1.83. The lowest BCUT2D eigenvalue weighted by atomic mass is 9.95. The fourth-order valence-corrected chi connectivity index (χ4v) is 3.41. The second-order valence-electron chi connectivity index (χ2n) is 5.74. The second-order valence-corrected chi connectivity index (χ2v) is 6.96. The van der Waals surface area contributed by atoms with Gasteiger partial charge in [-0.3, -0.25) is 0 Å². The van der Waals surface area contributed by atoms with Gasteiger partial charge >= 0.3 is 5.97 Å². The molecule has 1 saturated carbocycles. The Labute approximate surface area is 140 Å². The van der Waals surface area contributed by atoms with Gasteiger partial charge in [0, 0.05) is 5.02 Å². The first-order valence-corrected chi connectivity index (χ1v) is 8.42. The van der Waals surface area contributed by atoms with Gasteiger partial charge in [0.25, 0.3) is 0 Å². The average Bonchev–Trinajstić information content (AvgIpc) is 3.19. The van der Waals surface area contributed by atoms with Gasteiger partial charge in [-0.1, -0.05) is 48.1 Å². The summed E-state index contributed by atoms with van der Waals surface area (Å²) in [6, 6.07) is 2.99. The van der Waals surface area contributed by atoms with E-state index in [1.807, 2.05) is 0 Å². The fourth-order valence-electron chi connectivity index (χ4n) is 2.73. The van der Waals surface area contributed by atoms with E-state index in [0.29, 0.717) is 17.0 Å². The molecule has 2 nitrogen and oxygen atoms in total. The molecule has 0 saturated heterocycles. The second kappa shape index (κ2) is 7.21. The van der Waals surface area contributed by atoms with Crippen molar-refractivity contribution in [2.45, 2.75) is 45.4 Å². The predicted molar refractivity (Wildman–Crippen MR) is 87.6 cm³/mol. The third-order valence-corrected chi connectivity index (χ3v) is 5.06. The Bertz CT molecular complexity index is 524. The molecule has 0 amide bonds. The van der Waals surface area contributed by atoms with E-state index in [4.69, 9.17) is 39.5 Å². The Morgan fingerprint density at radius 2 is 1.95 bits per heavy atom. The number of ether oxygens (including phenoxy) is 1. The van der Waals surface area contributed by atoms with Crippen molar-refractivity contribution in [3.8, 4) is 0 Å². The molecule has 1 aliphatic carbocycles. The summed E-state index contributed by atoms with van der Waals surface area (Å²) in [5.41, 5.74) is 0.752. The third kappa shape index (κ3) is 4.51. The molecular weight excluding hydrogens is 331 g/mol. The zero-order valence-corrected chi connectivity index (χ0v) is 14.3. The molecule has 116 valence electrons. The molecule has 1 fully saturated rings. The van der Waals surface area contributed by atoms with Crippen molar-refractivity contribution in [1.82, 2.24) is 0 Å². The minimum atomic E-state index is -0.468. The van der Waals surface area contributed by atoms with Crippen molar-refractivity contribution in [3.05, 3.63) is 32.8 Å². The van der Waals surface area contributed by atoms with Crippen molar-refractivity contribution in [3.63, 3.8) is 0 Å². The number of benzene rings is 1. The van der Waals surface area contributed by atoms with E-state index >= 15 is 0 Å². The lowest BCUT2D eigenvalue weighted by Gasteiger charge is -2.13. The predicted octanol–water partition coefficient (Wildman–Crippen LogP) is 6.16. The monoisotopic (exact) mass is 348 g/mol. The lowest BCUT2D eigenvalue weighted by Crippen LogP contribution is -2.09. The maximum absolute atomic E-state index is 12.0. The van der Waals surface area contributed by atoms with Gasteiger partial charge in [0.1, 0.15) is 0 Å². The molecule has 0 bridgehead atoms. The van der Waals surface area contributed by atoms with Crippen LogP contribution in [0.3, 0.4) is 0 Å². The summed E-state index contributed by atoms with van der Waals surface area (Å²) in [6.07, 6.45) is 7.12. The van der Waals surface area contributed by atoms with Gasteiger partial charge in [0.2, 0.25) is 0 Å². The van der Waals surface area contributed by atoms with Crippen molar-refractivity contribution in [2.24, 2.45) is 5.41 Å². The number of carbonyl (C=O) groups is 1. The number of hydrogen-bond acceptors (Lipinski definition) is 2. The highest BCUT2D eigenvalue weighted by molar-refractivity contribution is 6.45. The first-order chi connectivity index (χ1) is 9.97. The Hall–Kier alpha value is -0.440. The molecule has 0 radical (unpaired) electrons. The standard InChI is InChI=1S/C16H19Cl3O2/c1-2-4-16(6-7-16)5-3-8-21-15(20)12-9-11(17)10-13(18)14(12)19/h9-10H,2-8H2,1H3. The van der Waals surface area contributed by atoms with Crippen LogP contribution in [0.15, 0.2) is 12.1 Å². The van der Waals surface area contributed by atoms with Crippen LogP contribution in [0.2, 0.25) is 15.1 Å². The number of carbonyl (C=O) groups excluding carboxylic acids is 1. The molecule has 0 N–H and O–H groups in total. The fraction of sp³-hybridized carbons (Fsp3) is 0.562. The SMILES string of the molecule is CCCC1(CCCOC(=O)c2cc(Cl)cc(Cl)c2Cl)CC1. The molecule has 1 aromatic carbocycles. The maximum Gasteiger partial charge on any atom is 0.339 e. The quantitative estimate of drug-likeness (QED) is 0.334. The van der Waals surface area contributed by atoms with Gasteiger partial charge in [0.15, 0.2) is 0 Å². The first kappa shape index (κ1) is 16.9. The number of hydrogen-bond donors (Lipinski definition) is 0. The van der Waals surface area contributed by atoms with Crippen molar-refractivity contribution < 1.29 is 9.53 Å². The van der Waals surface area contributed by atoms with Gasteiger partial charge in [-0.15, -0.1) is 0 Å². The van der Waals surface area contributed by atoms with Crippen molar-refractivity contribution >= 4 is 40.8 Å². The third-order valence-electron chi connectivity index (χ3n) is 4.03. The first-order valence-electron chi connectivity index (χ1n) is 7.29. The normalized spacial score (nSPS) is 15.8. The highest BCUT2D eigenvalue weighted by Gasteiger charge is 2.40. The van der Waals surface area contributed by atoms with E-state index in [0.717, 1.165) is 12.8 Å². The smallest absolute Gasteiger partial charge is 0.339 e. The zero-order chi connectivity index (χ0) is 15.5. The molecule has 0 spiro atoms. The summed E-state index contributed by atoms with van der Waals surface area (Å²) in [7, 11) is 0. The van der Waals surface area contributed by atoms with Crippen LogP contribution in [0.4, 0.5) is 0 Å². The molecule has 5 heteroatoms. The van der Waals surface area contributed by atoms with E-state index < -0.39 is 5.97 Å². The lowest BCUT2D eigenvalue weighted by molar-refractivity contribution is 0.0491. The van der Waals surface area contributed by atoms with E-state index in [1.54, 1.807) is 0 Å². The van der Waals surface area contributed by atoms with Gasteiger partial charge < -0.3 is 4.74 Å². The maximum atomic E-state index is 12.0. The molecule has 0 aromatic heterocycles. The van der Waals surface area contributed by atoms with Crippen LogP contribution in [0, 0.1) is 5.41 Å². The summed E-state index contributed by atoms with van der Waals surface area (Å²) in [6.45, 7) is 2.62. The van der Waals surface area contributed by atoms with Crippen LogP contribution in [-0.2, 0) is 4.74 Å². The summed E-state index contributed by atoms with van der Waals surface area (Å²) < 4.78 is 5.28. The number of rotatable bonds is 7. The molecule has 2 rings (SSSR count). The molecule has 0 heterocycles. The van der Waals surface area contributed by atoms with Gasteiger partial charge in [-0.25, -0.2) is 4.79 Å². The summed E-state index contributed by atoms with van der Waals surface area (Å²) >= 11 is 17.8. The topological polar surface area (TPSA) is 26.3 Å². The summed E-state index contributed by atoms with van der Waals surface area (Å²) in [5, 5.41) is 0.822. The van der Waals surface area contributed by atoms with Crippen LogP contribution in [0.25, 0.3) is 0 Å². The molecular formula is C16H19Cl3O2. The average molecular weight is 350 g/mol. The van der Waals surface area contributed by atoms with E-state index in [-0.39, 0.29) is 15.6 Å². The van der Waals surface area contributed by atoms with Gasteiger partial charge in [0.05, 0.1) is 22.2 Å². The summed E-state index contributed by atoms with van der Waals surface area (Å²) in [5.74, 6) is -0.468. The van der Waals surface area contributed by atoms with Crippen molar-refractivity contribution in [2.75, 3.05) is 6.61 Å². The molecule has 21 heavy (non-hydrogen) atoms. The summed E-state index contributed by atoms with van der Waals surface area (Å²) in [4.78, 5) is 12.0. The zero-order valence-electron chi connectivity index (χ0n) is 12.1. The van der Waals surface area contributed by atoms with Crippen LogP contribution < -0.4 is 0 Å². The van der Waals surface area contributed by atoms with Crippen LogP contribution in [0.1, 0.15) is 55.8 Å². The molecule has 0 unspecified atom stereocenters. The minimum absolute atomic E-state index is 0.190. The van der Waals surface area contributed by atoms with Gasteiger partial charge in [-0.2, -0.15) is 0 Å². The van der Waals surface area contributed by atoms with E-state index in [9.17, 15) is 4.79 Å².